The SMILES string of the molecule is COc1ccc(-c2noc(CCCC(=O)Nc3ccc(C(=O)N4CCc5ccccc54)cc3)n2)cc1. The first-order chi connectivity index (χ1) is 17.6. The number of anilines is 2. The average molecular weight is 483 g/mol. The lowest BCUT2D eigenvalue weighted by molar-refractivity contribution is -0.116. The van der Waals surface area contributed by atoms with E-state index in [4.69, 9.17) is 9.26 Å². The molecule has 1 aliphatic heterocycles. The van der Waals surface area contributed by atoms with Crippen molar-refractivity contribution in [2.24, 2.45) is 0 Å². The molecule has 2 heterocycles. The van der Waals surface area contributed by atoms with Crippen LogP contribution in [0.25, 0.3) is 11.4 Å². The van der Waals surface area contributed by atoms with Gasteiger partial charge in [0.25, 0.3) is 5.91 Å². The van der Waals surface area contributed by atoms with E-state index in [1.807, 2.05) is 42.5 Å². The molecule has 0 bridgehead atoms. The van der Waals surface area contributed by atoms with Gasteiger partial charge in [-0.05, 0) is 73.0 Å². The molecule has 182 valence electrons. The molecule has 4 aromatic rings. The Bertz CT molecular complexity index is 1360. The zero-order valence-electron chi connectivity index (χ0n) is 19.9. The van der Waals surface area contributed by atoms with E-state index in [0.29, 0.717) is 48.8 Å². The molecular formula is C28H26N4O4. The predicted molar refractivity (Wildman–Crippen MR) is 136 cm³/mol. The van der Waals surface area contributed by atoms with E-state index < -0.39 is 0 Å². The second kappa shape index (κ2) is 10.4. The van der Waals surface area contributed by atoms with Crippen LogP contribution in [0.15, 0.2) is 77.3 Å². The van der Waals surface area contributed by atoms with Crippen LogP contribution in [-0.2, 0) is 17.6 Å². The Balaban J connectivity index is 1.10. The largest absolute Gasteiger partial charge is 0.497 e. The third-order valence-corrected chi connectivity index (χ3v) is 6.16. The molecule has 8 heteroatoms. The Morgan fingerprint density at radius 2 is 1.81 bits per heavy atom. The molecule has 36 heavy (non-hydrogen) atoms. The summed E-state index contributed by atoms with van der Waals surface area (Å²) in [6, 6.07) is 22.4. The van der Waals surface area contributed by atoms with Gasteiger partial charge in [-0.25, -0.2) is 0 Å². The van der Waals surface area contributed by atoms with Crippen molar-refractivity contribution >= 4 is 23.2 Å². The normalized spacial score (nSPS) is 12.3. The van der Waals surface area contributed by atoms with Crippen LogP contribution >= 0.6 is 0 Å². The van der Waals surface area contributed by atoms with E-state index in [9.17, 15) is 9.59 Å². The molecule has 0 saturated carbocycles. The number of hydrogen-bond donors (Lipinski definition) is 1. The Morgan fingerprint density at radius 3 is 2.58 bits per heavy atom. The quantitative estimate of drug-likeness (QED) is 0.383. The molecule has 0 unspecified atom stereocenters. The fourth-order valence-electron chi connectivity index (χ4n) is 4.24. The summed E-state index contributed by atoms with van der Waals surface area (Å²) in [5.41, 5.74) is 4.23. The maximum Gasteiger partial charge on any atom is 0.258 e. The summed E-state index contributed by atoms with van der Waals surface area (Å²) in [6.07, 6.45) is 2.25. The maximum atomic E-state index is 13.0. The molecular weight excluding hydrogens is 456 g/mol. The zero-order chi connectivity index (χ0) is 24.9. The first-order valence-corrected chi connectivity index (χ1v) is 11.9. The number of aromatic nitrogens is 2. The molecule has 0 radical (unpaired) electrons. The van der Waals surface area contributed by atoms with E-state index in [1.165, 1.54) is 5.56 Å². The van der Waals surface area contributed by atoms with Crippen molar-refractivity contribution in [3.05, 3.63) is 89.8 Å². The number of rotatable bonds is 8. The highest BCUT2D eigenvalue weighted by molar-refractivity contribution is 6.07. The number of aryl methyl sites for hydroxylation is 1. The topological polar surface area (TPSA) is 97.6 Å². The highest BCUT2D eigenvalue weighted by Gasteiger charge is 2.25. The minimum Gasteiger partial charge on any atom is -0.497 e. The Kier molecular flexibility index (Phi) is 6.75. The van der Waals surface area contributed by atoms with Crippen LogP contribution in [0.5, 0.6) is 5.75 Å². The lowest BCUT2D eigenvalue weighted by Crippen LogP contribution is -2.28. The number of benzene rings is 3. The van der Waals surface area contributed by atoms with Crippen LogP contribution < -0.4 is 15.0 Å². The van der Waals surface area contributed by atoms with Crippen molar-refractivity contribution in [3.63, 3.8) is 0 Å². The van der Waals surface area contributed by atoms with Gasteiger partial charge >= 0.3 is 0 Å². The standard InChI is InChI=1S/C28H26N4O4/c1-35-23-15-11-20(12-16-23)27-30-26(36-31-27)8-4-7-25(33)29-22-13-9-21(10-14-22)28(34)32-18-17-19-5-2-3-6-24(19)32/h2-3,5-6,9-16H,4,7-8,17-18H2,1H3,(H,29,33). The minimum atomic E-state index is -0.113. The molecule has 5 rings (SSSR count). The summed E-state index contributed by atoms with van der Waals surface area (Å²) < 4.78 is 10.5. The molecule has 0 aliphatic carbocycles. The lowest BCUT2D eigenvalue weighted by atomic mass is 10.1. The highest BCUT2D eigenvalue weighted by Crippen LogP contribution is 2.29. The summed E-state index contributed by atoms with van der Waals surface area (Å²) in [4.78, 5) is 31.6. The molecule has 0 atom stereocenters. The number of fused-ring (bicyclic) bond motifs is 1. The van der Waals surface area contributed by atoms with Gasteiger partial charge < -0.3 is 19.5 Å². The van der Waals surface area contributed by atoms with Gasteiger partial charge in [0.15, 0.2) is 0 Å². The van der Waals surface area contributed by atoms with Crippen LogP contribution in [0.2, 0.25) is 0 Å². The summed E-state index contributed by atoms with van der Waals surface area (Å²) >= 11 is 0. The number of para-hydroxylation sites is 1. The average Bonchev–Trinajstić information content (AvgIpc) is 3.56. The molecule has 2 amide bonds. The molecule has 1 N–H and O–H groups in total. The van der Waals surface area contributed by atoms with Gasteiger partial charge in [-0.2, -0.15) is 4.98 Å². The van der Waals surface area contributed by atoms with Crippen molar-refractivity contribution in [3.8, 4) is 17.1 Å². The first-order valence-electron chi connectivity index (χ1n) is 11.9. The van der Waals surface area contributed by atoms with Crippen molar-refractivity contribution < 1.29 is 18.8 Å². The van der Waals surface area contributed by atoms with Crippen LogP contribution in [0.3, 0.4) is 0 Å². The van der Waals surface area contributed by atoms with Gasteiger partial charge in [-0.3, -0.25) is 9.59 Å². The maximum absolute atomic E-state index is 13.0. The van der Waals surface area contributed by atoms with Gasteiger partial charge in [0.1, 0.15) is 5.75 Å². The monoisotopic (exact) mass is 482 g/mol. The van der Waals surface area contributed by atoms with E-state index in [1.54, 1.807) is 36.3 Å². The minimum absolute atomic E-state index is 0.0357. The van der Waals surface area contributed by atoms with E-state index in [0.717, 1.165) is 23.4 Å². The Hall–Kier alpha value is -4.46. The zero-order valence-corrected chi connectivity index (χ0v) is 19.9. The van der Waals surface area contributed by atoms with E-state index in [-0.39, 0.29) is 11.8 Å². The number of nitrogens with one attached hydrogen (secondary N) is 1. The van der Waals surface area contributed by atoms with Crippen LogP contribution in [0.1, 0.15) is 34.7 Å². The summed E-state index contributed by atoms with van der Waals surface area (Å²) in [6.45, 7) is 0.679. The number of hydrogen-bond acceptors (Lipinski definition) is 6. The van der Waals surface area contributed by atoms with Crippen molar-refractivity contribution in [2.75, 3.05) is 23.9 Å². The molecule has 0 spiro atoms. The fraction of sp³-hybridized carbons (Fsp3) is 0.214. The third-order valence-electron chi connectivity index (χ3n) is 6.16. The smallest absolute Gasteiger partial charge is 0.258 e. The van der Waals surface area contributed by atoms with Gasteiger partial charge in [0.2, 0.25) is 17.6 Å². The second-order valence-corrected chi connectivity index (χ2v) is 8.55. The van der Waals surface area contributed by atoms with Gasteiger partial charge in [-0.1, -0.05) is 23.4 Å². The second-order valence-electron chi connectivity index (χ2n) is 8.55. The van der Waals surface area contributed by atoms with Gasteiger partial charge in [-0.15, -0.1) is 0 Å². The fourth-order valence-corrected chi connectivity index (χ4v) is 4.24. The number of carbonyl (C=O) groups excluding carboxylic acids is 2. The van der Waals surface area contributed by atoms with Crippen LogP contribution in [-0.4, -0.2) is 35.6 Å². The number of nitrogens with zero attached hydrogens (tertiary/aromatic N) is 3. The predicted octanol–water partition coefficient (Wildman–Crippen LogP) is 4.91. The van der Waals surface area contributed by atoms with Crippen molar-refractivity contribution in [1.82, 2.24) is 10.1 Å². The number of amides is 2. The van der Waals surface area contributed by atoms with Crippen LogP contribution in [0.4, 0.5) is 11.4 Å². The summed E-state index contributed by atoms with van der Waals surface area (Å²) in [5.74, 6) is 1.60. The molecule has 8 nitrogen and oxygen atoms in total. The van der Waals surface area contributed by atoms with Crippen molar-refractivity contribution in [1.29, 1.82) is 0 Å². The molecule has 0 saturated heterocycles. The van der Waals surface area contributed by atoms with Crippen molar-refractivity contribution in [2.45, 2.75) is 25.7 Å². The summed E-state index contributed by atoms with van der Waals surface area (Å²) in [7, 11) is 1.61. The van der Waals surface area contributed by atoms with E-state index >= 15 is 0 Å². The third kappa shape index (κ3) is 5.12. The molecule has 0 fully saturated rings. The van der Waals surface area contributed by atoms with Crippen LogP contribution in [0, 0.1) is 0 Å². The summed E-state index contributed by atoms with van der Waals surface area (Å²) in [5, 5.41) is 6.89. The van der Waals surface area contributed by atoms with Gasteiger partial charge in [0.05, 0.1) is 7.11 Å². The van der Waals surface area contributed by atoms with E-state index in [2.05, 4.69) is 21.5 Å². The molecule has 1 aromatic heterocycles. The molecule has 1 aliphatic rings. The number of methoxy groups -OCH3 is 1. The van der Waals surface area contributed by atoms with Gasteiger partial charge in [0, 0.05) is 41.9 Å². The first kappa shape index (κ1) is 23.3. The number of carbonyl (C=O) groups is 2. The highest BCUT2D eigenvalue weighted by atomic mass is 16.5. The number of ether oxygens (including phenoxy) is 1. The molecule has 3 aromatic carbocycles. The lowest BCUT2D eigenvalue weighted by Gasteiger charge is -2.17. The Morgan fingerprint density at radius 1 is 1.03 bits per heavy atom. The Labute approximate surface area is 208 Å².